The third-order valence-electron chi connectivity index (χ3n) is 2.95. The number of fused-ring (bicyclic) bond motifs is 3. The Morgan fingerprint density at radius 2 is 2.19 bits per heavy atom. The highest BCUT2D eigenvalue weighted by molar-refractivity contribution is 5.80. The molecule has 4 nitrogen and oxygen atoms in total. The van der Waals surface area contributed by atoms with Crippen LogP contribution in [0.4, 0.5) is 0 Å². The lowest BCUT2D eigenvalue weighted by atomic mass is 9.90. The molecule has 1 aliphatic carbocycles. The molecule has 1 aromatic heterocycles. The summed E-state index contributed by atoms with van der Waals surface area (Å²) in [6, 6.07) is 0.0219. The average Bonchev–Trinajstić information content (AvgIpc) is 2.44. The molecule has 0 spiro atoms. The van der Waals surface area contributed by atoms with Crippen LogP contribution in [0.1, 0.15) is 17.2 Å². The number of rotatable bonds is 0. The third kappa shape index (κ3) is 1.43. The van der Waals surface area contributed by atoms with Crippen LogP contribution in [0.2, 0.25) is 0 Å². The number of hydrogen-bond donors (Lipinski definition) is 1. The van der Waals surface area contributed by atoms with E-state index in [0.717, 1.165) is 11.3 Å². The molecule has 0 radical (unpaired) electrons. The van der Waals surface area contributed by atoms with E-state index in [1.807, 2.05) is 18.2 Å². The second-order valence-electron chi connectivity index (χ2n) is 4.00. The van der Waals surface area contributed by atoms with Crippen molar-refractivity contribution in [1.82, 2.24) is 15.3 Å². The SMILES string of the molecule is O=C1Cc2cncnc2C2C=CC=CC2N1. The van der Waals surface area contributed by atoms with Crippen molar-refractivity contribution in [2.24, 2.45) is 0 Å². The van der Waals surface area contributed by atoms with Gasteiger partial charge >= 0.3 is 0 Å². The topological polar surface area (TPSA) is 54.9 Å². The van der Waals surface area contributed by atoms with Crippen molar-refractivity contribution < 1.29 is 4.79 Å². The van der Waals surface area contributed by atoms with Gasteiger partial charge in [0, 0.05) is 17.7 Å². The van der Waals surface area contributed by atoms with Crippen LogP contribution in [0.3, 0.4) is 0 Å². The van der Waals surface area contributed by atoms with E-state index in [9.17, 15) is 4.79 Å². The van der Waals surface area contributed by atoms with E-state index in [2.05, 4.69) is 21.4 Å². The van der Waals surface area contributed by atoms with Crippen LogP contribution in [0.15, 0.2) is 36.8 Å². The summed E-state index contributed by atoms with van der Waals surface area (Å²) < 4.78 is 0. The Bertz CT molecular complexity index is 493. The second kappa shape index (κ2) is 3.56. The Kier molecular flexibility index (Phi) is 2.06. The van der Waals surface area contributed by atoms with E-state index in [1.54, 1.807) is 6.20 Å². The molecule has 1 aliphatic heterocycles. The zero-order valence-electron chi connectivity index (χ0n) is 8.63. The van der Waals surface area contributed by atoms with Gasteiger partial charge in [-0.05, 0) is 0 Å². The summed E-state index contributed by atoms with van der Waals surface area (Å²) in [5, 5.41) is 2.98. The summed E-state index contributed by atoms with van der Waals surface area (Å²) in [4.78, 5) is 20.0. The van der Waals surface area contributed by atoms with E-state index in [1.165, 1.54) is 6.33 Å². The molecule has 80 valence electrons. The number of allylic oxidation sites excluding steroid dienone is 2. The van der Waals surface area contributed by atoms with Crippen molar-refractivity contribution in [1.29, 1.82) is 0 Å². The summed E-state index contributed by atoms with van der Waals surface area (Å²) >= 11 is 0. The maximum Gasteiger partial charge on any atom is 0.225 e. The number of carbonyl (C=O) groups excluding carboxylic acids is 1. The molecule has 2 aliphatic rings. The van der Waals surface area contributed by atoms with E-state index in [0.29, 0.717) is 6.42 Å². The fourth-order valence-corrected chi connectivity index (χ4v) is 2.22. The number of carbonyl (C=O) groups is 1. The van der Waals surface area contributed by atoms with E-state index in [-0.39, 0.29) is 17.9 Å². The highest BCUT2D eigenvalue weighted by Crippen LogP contribution is 2.28. The zero-order valence-corrected chi connectivity index (χ0v) is 8.63. The monoisotopic (exact) mass is 213 g/mol. The van der Waals surface area contributed by atoms with Crippen molar-refractivity contribution in [2.75, 3.05) is 0 Å². The van der Waals surface area contributed by atoms with Gasteiger partial charge in [0.25, 0.3) is 0 Å². The highest BCUT2D eigenvalue weighted by Gasteiger charge is 2.29. The molecule has 2 heterocycles. The normalized spacial score (nSPS) is 26.6. The molecular formula is C12H11N3O. The molecule has 2 atom stereocenters. The Morgan fingerprint density at radius 1 is 1.31 bits per heavy atom. The number of aromatic nitrogens is 2. The summed E-state index contributed by atoms with van der Waals surface area (Å²) in [5.41, 5.74) is 1.88. The molecule has 1 aromatic rings. The molecule has 1 amide bonds. The Balaban J connectivity index is 2.12. The largest absolute Gasteiger partial charge is 0.349 e. The summed E-state index contributed by atoms with van der Waals surface area (Å²) in [6.07, 6.45) is 11.7. The maximum absolute atomic E-state index is 11.7. The van der Waals surface area contributed by atoms with Gasteiger partial charge in [-0.25, -0.2) is 9.97 Å². The number of amides is 1. The molecular weight excluding hydrogens is 202 g/mol. The second-order valence-corrected chi connectivity index (χ2v) is 4.00. The smallest absolute Gasteiger partial charge is 0.225 e. The molecule has 0 aromatic carbocycles. The molecule has 2 unspecified atom stereocenters. The lowest BCUT2D eigenvalue weighted by molar-refractivity contribution is -0.120. The molecule has 0 saturated carbocycles. The van der Waals surface area contributed by atoms with Gasteiger partial charge in [0.2, 0.25) is 5.91 Å². The summed E-state index contributed by atoms with van der Waals surface area (Å²) in [5.74, 6) is 0.165. The zero-order chi connectivity index (χ0) is 11.0. The Hall–Kier alpha value is -1.97. The van der Waals surface area contributed by atoms with Gasteiger partial charge in [0.05, 0.1) is 18.2 Å². The minimum atomic E-state index is 0.0219. The molecule has 4 heteroatoms. The first kappa shape index (κ1) is 9.27. The average molecular weight is 213 g/mol. The van der Waals surface area contributed by atoms with Crippen LogP contribution in [-0.4, -0.2) is 21.9 Å². The van der Waals surface area contributed by atoms with Crippen LogP contribution in [0.25, 0.3) is 0 Å². The molecule has 0 fully saturated rings. The van der Waals surface area contributed by atoms with Crippen molar-refractivity contribution in [3.63, 3.8) is 0 Å². The lowest BCUT2D eigenvalue weighted by Gasteiger charge is -2.22. The Morgan fingerprint density at radius 3 is 3.12 bits per heavy atom. The van der Waals surface area contributed by atoms with Crippen LogP contribution < -0.4 is 5.32 Å². The number of hydrogen-bond acceptors (Lipinski definition) is 3. The first-order valence-electron chi connectivity index (χ1n) is 5.28. The van der Waals surface area contributed by atoms with Crippen molar-refractivity contribution in [2.45, 2.75) is 18.4 Å². The van der Waals surface area contributed by atoms with Gasteiger partial charge in [0.1, 0.15) is 6.33 Å². The number of nitrogens with zero attached hydrogens (tertiary/aromatic N) is 2. The fourth-order valence-electron chi connectivity index (χ4n) is 2.22. The van der Waals surface area contributed by atoms with Crippen LogP contribution in [0, 0.1) is 0 Å². The van der Waals surface area contributed by atoms with Crippen LogP contribution in [0.5, 0.6) is 0 Å². The van der Waals surface area contributed by atoms with E-state index in [4.69, 9.17) is 0 Å². The van der Waals surface area contributed by atoms with E-state index >= 15 is 0 Å². The van der Waals surface area contributed by atoms with Gasteiger partial charge in [-0.15, -0.1) is 0 Å². The van der Waals surface area contributed by atoms with Gasteiger partial charge in [0.15, 0.2) is 0 Å². The van der Waals surface area contributed by atoms with Gasteiger partial charge in [-0.1, -0.05) is 24.3 Å². The predicted molar refractivity (Wildman–Crippen MR) is 58.7 cm³/mol. The van der Waals surface area contributed by atoms with Crippen molar-refractivity contribution >= 4 is 5.91 Å². The summed E-state index contributed by atoms with van der Waals surface area (Å²) in [7, 11) is 0. The first-order chi connectivity index (χ1) is 7.84. The molecule has 0 saturated heterocycles. The predicted octanol–water partition coefficient (Wildman–Crippen LogP) is 0.727. The molecule has 1 N–H and O–H groups in total. The molecule has 3 rings (SSSR count). The Labute approximate surface area is 93.1 Å². The van der Waals surface area contributed by atoms with Gasteiger partial charge < -0.3 is 5.32 Å². The maximum atomic E-state index is 11.7. The van der Waals surface area contributed by atoms with Gasteiger partial charge in [-0.3, -0.25) is 4.79 Å². The van der Waals surface area contributed by atoms with E-state index < -0.39 is 0 Å². The first-order valence-corrected chi connectivity index (χ1v) is 5.28. The fraction of sp³-hybridized carbons (Fsp3) is 0.250. The minimum absolute atomic E-state index is 0.0219. The van der Waals surface area contributed by atoms with Crippen molar-refractivity contribution in [3.05, 3.63) is 48.1 Å². The molecule has 0 bridgehead atoms. The standard InChI is InChI=1S/C12H11N3O/c16-11-5-8-6-13-7-14-12(8)9-3-1-2-4-10(9)15-11/h1-4,6-7,9-10H,5H2,(H,15,16). The summed E-state index contributed by atoms with van der Waals surface area (Å²) in [6.45, 7) is 0. The van der Waals surface area contributed by atoms with Gasteiger partial charge in [-0.2, -0.15) is 0 Å². The quantitative estimate of drug-likeness (QED) is 0.691. The third-order valence-corrected chi connectivity index (χ3v) is 2.95. The minimum Gasteiger partial charge on any atom is -0.349 e. The van der Waals surface area contributed by atoms with Crippen molar-refractivity contribution in [3.8, 4) is 0 Å². The molecule has 16 heavy (non-hydrogen) atoms. The highest BCUT2D eigenvalue weighted by atomic mass is 16.1. The van der Waals surface area contributed by atoms with Crippen LogP contribution in [-0.2, 0) is 11.2 Å². The number of nitrogens with one attached hydrogen (secondary N) is 1. The van der Waals surface area contributed by atoms with Crippen LogP contribution >= 0.6 is 0 Å². The lowest BCUT2D eigenvalue weighted by Crippen LogP contribution is -2.36.